The average Bonchev–Trinajstić information content (AvgIpc) is 1.84. The summed E-state index contributed by atoms with van der Waals surface area (Å²) < 4.78 is 27.0. The van der Waals surface area contributed by atoms with Crippen LogP contribution >= 0.6 is 0 Å². The Bertz CT molecular complexity index is 222. The van der Waals surface area contributed by atoms with Gasteiger partial charge in [0, 0.05) is 0 Å². The molecule has 0 spiro atoms. The van der Waals surface area contributed by atoms with Crippen molar-refractivity contribution < 1.29 is 74.3 Å². The molecule has 0 amide bonds. The predicted molar refractivity (Wildman–Crippen MR) is 48.9 cm³/mol. The van der Waals surface area contributed by atoms with Crippen LogP contribution in [0.3, 0.4) is 0 Å². The van der Waals surface area contributed by atoms with Crippen molar-refractivity contribution in [1.82, 2.24) is 0 Å². The van der Waals surface area contributed by atoms with Gasteiger partial charge in [0.05, 0.1) is 0 Å². The van der Waals surface area contributed by atoms with Crippen LogP contribution in [0.4, 0.5) is 0 Å². The van der Waals surface area contributed by atoms with Crippen molar-refractivity contribution in [2.75, 3.05) is 5.75 Å². The van der Waals surface area contributed by atoms with Crippen LogP contribution in [0.1, 0.15) is 26.2 Å². The van der Waals surface area contributed by atoms with Crippen molar-refractivity contribution in [1.29, 1.82) is 0 Å². The van der Waals surface area contributed by atoms with Gasteiger partial charge < -0.3 is 12.0 Å². The number of unbranched alkanes of at least 4 members (excludes halogenated alkanes) is 2. The summed E-state index contributed by atoms with van der Waals surface area (Å²) >= 11 is 0. The fourth-order valence-corrected chi connectivity index (χ4v) is 0.718. The molecule has 0 bridgehead atoms. The molecule has 2 N–H and O–H groups in total. The summed E-state index contributed by atoms with van der Waals surface area (Å²) in [4.78, 5) is 9.48. The minimum Gasteiger partial charge on any atom is -0.480 e. The Balaban J connectivity index is -0.000000177. The van der Waals surface area contributed by atoms with Gasteiger partial charge in [0.15, 0.2) is 5.75 Å². The number of aliphatic carboxylic acids is 1. The van der Waals surface area contributed by atoms with Crippen LogP contribution < -0.4 is 51.4 Å². The van der Waals surface area contributed by atoms with Crippen molar-refractivity contribution in [2.45, 2.75) is 26.2 Å². The molecule has 80 valence electrons. The summed E-state index contributed by atoms with van der Waals surface area (Å²) in [5.41, 5.74) is 0. The largest absolute Gasteiger partial charge is 1.00 e. The number of carbonyl (C=O) groups is 1. The smallest absolute Gasteiger partial charge is 0.480 e. The maximum Gasteiger partial charge on any atom is 1.00 e. The first-order valence-electron chi connectivity index (χ1n) is 3.79. The van der Waals surface area contributed by atoms with E-state index in [4.69, 9.17) is 9.66 Å². The summed E-state index contributed by atoms with van der Waals surface area (Å²) in [6.45, 7) is 5.85. The third kappa shape index (κ3) is 29.2. The Labute approximate surface area is 127 Å². The van der Waals surface area contributed by atoms with E-state index in [1.54, 1.807) is 0 Å². The van der Waals surface area contributed by atoms with Crippen LogP contribution in [-0.2, 0) is 14.9 Å². The molecule has 0 fully saturated rings. The molecular weight excluding hydrogens is 235 g/mol. The molecule has 0 unspecified atom stereocenters. The van der Waals surface area contributed by atoms with E-state index >= 15 is 0 Å². The quantitative estimate of drug-likeness (QED) is 0.341. The van der Waals surface area contributed by atoms with Crippen LogP contribution in [0.15, 0.2) is 0 Å². The van der Waals surface area contributed by atoms with Gasteiger partial charge in [0.2, 0.25) is 0 Å². The molecule has 0 aromatic carbocycles. The van der Waals surface area contributed by atoms with Gasteiger partial charge in [-0.05, 0) is 0 Å². The first-order chi connectivity index (χ1) is 5.83. The molecule has 0 aromatic heterocycles. The zero-order valence-corrected chi connectivity index (χ0v) is 12.5. The number of carboxylic acid groups (broad SMARTS) is 1. The van der Waals surface area contributed by atoms with E-state index in [2.05, 4.69) is 13.8 Å². The molecule has 7 heteroatoms. The molecule has 0 saturated heterocycles. The second-order valence-corrected chi connectivity index (χ2v) is 3.78. The molecule has 0 aliphatic carbocycles. The molecule has 0 rings (SSSR count). The molecule has 0 aliphatic rings. The summed E-state index contributed by atoms with van der Waals surface area (Å²) in [6, 6.07) is 0. The van der Waals surface area contributed by atoms with Crippen molar-refractivity contribution >= 4 is 16.1 Å². The standard InChI is InChI=1S/C5H11.C2H4O5S.K/c1-3-5-4-2;3-2(4)1-8(5,6)7;/h1,3-5H2,2H3;1H2,(H,3,4)(H,5,6,7);/q-1;;+1. The summed E-state index contributed by atoms with van der Waals surface area (Å²) in [5.74, 6) is -2.79. The SMILES string of the molecule is O=C(O)CS(=O)(=O)O.[CH2-]CCCC.[K+]. The molecule has 0 radical (unpaired) electrons. The Morgan fingerprint density at radius 1 is 1.43 bits per heavy atom. The third-order valence-corrected chi connectivity index (χ3v) is 1.52. The van der Waals surface area contributed by atoms with Gasteiger partial charge >= 0.3 is 57.4 Å². The second kappa shape index (κ2) is 12.1. The Kier molecular flexibility index (Phi) is 17.6. The first-order valence-corrected chi connectivity index (χ1v) is 5.40. The molecule has 0 aromatic rings. The van der Waals surface area contributed by atoms with E-state index in [1.165, 1.54) is 12.8 Å². The van der Waals surface area contributed by atoms with Crippen LogP contribution in [0.25, 0.3) is 0 Å². The minimum absolute atomic E-state index is 0. The van der Waals surface area contributed by atoms with Crippen LogP contribution in [0, 0.1) is 6.92 Å². The molecule has 5 nitrogen and oxygen atoms in total. The monoisotopic (exact) mass is 250 g/mol. The van der Waals surface area contributed by atoms with E-state index in [-0.39, 0.29) is 51.4 Å². The Hall–Kier alpha value is 1.02. The van der Waals surface area contributed by atoms with Crippen molar-refractivity contribution in [3.05, 3.63) is 6.92 Å². The van der Waals surface area contributed by atoms with Crippen molar-refractivity contribution in [2.24, 2.45) is 0 Å². The number of rotatable bonds is 4. The summed E-state index contributed by atoms with van der Waals surface area (Å²) in [7, 11) is -4.32. The van der Waals surface area contributed by atoms with Crippen LogP contribution in [0.5, 0.6) is 0 Å². The topological polar surface area (TPSA) is 91.7 Å². The average molecular weight is 250 g/mol. The summed E-state index contributed by atoms with van der Waals surface area (Å²) in [6.07, 6.45) is 3.65. The normalized spacial score (nSPS) is 9.36. The van der Waals surface area contributed by atoms with Gasteiger partial charge in [0.1, 0.15) is 0 Å². The van der Waals surface area contributed by atoms with Gasteiger partial charge in [-0.15, -0.1) is 0 Å². The van der Waals surface area contributed by atoms with Gasteiger partial charge in [-0.25, -0.2) is 0 Å². The molecular formula is C7H15KO5S. The number of hydrogen-bond donors (Lipinski definition) is 2. The molecule has 0 heterocycles. The molecule has 0 atom stereocenters. The van der Waals surface area contributed by atoms with E-state index in [9.17, 15) is 13.2 Å². The van der Waals surface area contributed by atoms with Crippen LogP contribution in [0.2, 0.25) is 0 Å². The fraction of sp³-hybridized carbons (Fsp3) is 0.714. The number of hydrogen-bond acceptors (Lipinski definition) is 3. The van der Waals surface area contributed by atoms with E-state index in [1.807, 2.05) is 0 Å². The maximum absolute atomic E-state index is 9.62. The van der Waals surface area contributed by atoms with E-state index in [0.29, 0.717) is 0 Å². The fourth-order valence-electron chi connectivity index (χ4n) is 0.406. The first kappa shape index (κ1) is 20.4. The van der Waals surface area contributed by atoms with Gasteiger partial charge in [0.25, 0.3) is 10.1 Å². The Morgan fingerprint density at radius 2 is 1.86 bits per heavy atom. The van der Waals surface area contributed by atoms with Crippen molar-refractivity contribution in [3.8, 4) is 0 Å². The van der Waals surface area contributed by atoms with Gasteiger partial charge in [-0.2, -0.15) is 14.8 Å². The molecule has 0 saturated carbocycles. The van der Waals surface area contributed by atoms with Crippen molar-refractivity contribution in [3.63, 3.8) is 0 Å². The zero-order chi connectivity index (χ0) is 10.9. The summed E-state index contributed by atoms with van der Waals surface area (Å²) in [5, 5.41) is 7.71. The van der Waals surface area contributed by atoms with E-state index in [0.717, 1.165) is 6.42 Å². The zero-order valence-electron chi connectivity index (χ0n) is 8.56. The van der Waals surface area contributed by atoms with E-state index < -0.39 is 21.8 Å². The second-order valence-electron chi connectivity index (χ2n) is 2.33. The van der Waals surface area contributed by atoms with Gasteiger partial charge in [-0.1, -0.05) is 19.8 Å². The maximum atomic E-state index is 9.62. The Morgan fingerprint density at radius 3 is 1.86 bits per heavy atom. The minimum atomic E-state index is -4.32. The predicted octanol–water partition coefficient (Wildman–Crippen LogP) is -2.03. The molecule has 14 heavy (non-hydrogen) atoms. The number of carboxylic acids is 1. The molecule has 0 aliphatic heterocycles. The van der Waals surface area contributed by atoms with Gasteiger partial charge in [-0.3, -0.25) is 9.35 Å². The van der Waals surface area contributed by atoms with Crippen LogP contribution in [-0.4, -0.2) is 29.8 Å². The third-order valence-electron chi connectivity index (χ3n) is 0.909.